The summed E-state index contributed by atoms with van der Waals surface area (Å²) in [4.78, 5) is 13.3. The predicted molar refractivity (Wildman–Crippen MR) is 327 cm³/mol. The molecule has 2 heterocycles. The first-order chi connectivity index (χ1) is 39.6. The molecule has 2 saturated heterocycles. The first-order valence-electron chi connectivity index (χ1n) is 31.6. The topological polar surface area (TPSA) is 228 Å². The fourth-order valence-electron chi connectivity index (χ4n) is 9.66. The van der Waals surface area contributed by atoms with Gasteiger partial charge in [0.2, 0.25) is 5.91 Å². The van der Waals surface area contributed by atoms with Crippen LogP contribution in [0.1, 0.15) is 213 Å². The highest BCUT2D eigenvalue weighted by Crippen LogP contribution is 2.30. The van der Waals surface area contributed by atoms with Gasteiger partial charge in [-0.05, 0) is 83.5 Å². The molecule has 14 nitrogen and oxygen atoms in total. The van der Waals surface area contributed by atoms with Gasteiger partial charge in [0.1, 0.15) is 48.8 Å². The van der Waals surface area contributed by atoms with Crippen molar-refractivity contribution >= 4 is 5.91 Å². The summed E-state index contributed by atoms with van der Waals surface area (Å²) in [6.45, 7) is 2.65. The van der Waals surface area contributed by atoms with E-state index in [1.165, 1.54) is 103 Å². The second kappa shape index (κ2) is 51.1. The van der Waals surface area contributed by atoms with E-state index in [1.54, 1.807) is 6.08 Å². The average molecular weight is 1140 g/mol. The van der Waals surface area contributed by atoms with Crippen LogP contribution >= 0.6 is 0 Å². The van der Waals surface area contributed by atoms with E-state index in [2.05, 4.69) is 116 Å². The van der Waals surface area contributed by atoms with Crippen LogP contribution in [-0.4, -0.2) is 140 Å². The van der Waals surface area contributed by atoms with Crippen LogP contribution in [0.15, 0.2) is 109 Å². The molecule has 12 atom stereocenters. The number of aliphatic hydroxyl groups is 8. The Morgan fingerprint density at radius 3 is 1.31 bits per heavy atom. The third-order valence-electron chi connectivity index (χ3n) is 14.7. The number of unbranched alkanes of at least 4 members (excludes halogenated alkanes) is 20. The summed E-state index contributed by atoms with van der Waals surface area (Å²) in [5, 5.41) is 87.2. The van der Waals surface area contributed by atoms with E-state index in [0.29, 0.717) is 6.42 Å². The quantitative estimate of drug-likeness (QED) is 0.0204. The minimum Gasteiger partial charge on any atom is -0.394 e. The minimum atomic E-state index is -1.80. The van der Waals surface area contributed by atoms with Gasteiger partial charge in [0.25, 0.3) is 0 Å². The lowest BCUT2D eigenvalue weighted by Crippen LogP contribution is -2.65. The fraction of sp³-hybridized carbons (Fsp3) is 0.716. The van der Waals surface area contributed by atoms with Crippen LogP contribution in [0.5, 0.6) is 0 Å². The molecule has 0 aromatic carbocycles. The second-order valence-electron chi connectivity index (χ2n) is 21.8. The minimum absolute atomic E-state index is 0.219. The van der Waals surface area contributed by atoms with Crippen LogP contribution < -0.4 is 5.32 Å². The van der Waals surface area contributed by atoms with E-state index in [1.807, 2.05) is 6.08 Å². The first kappa shape index (κ1) is 73.8. The molecular weight excluding hydrogens is 1030 g/mol. The molecule has 464 valence electrons. The molecule has 0 saturated carbocycles. The molecule has 9 N–H and O–H groups in total. The number of amides is 1. The number of hydrogen-bond donors (Lipinski definition) is 9. The van der Waals surface area contributed by atoms with Gasteiger partial charge in [-0.2, -0.15) is 0 Å². The Labute approximate surface area is 489 Å². The van der Waals surface area contributed by atoms with Crippen molar-refractivity contribution in [1.82, 2.24) is 5.32 Å². The van der Waals surface area contributed by atoms with Crippen LogP contribution in [0.4, 0.5) is 0 Å². The highest BCUT2D eigenvalue weighted by atomic mass is 16.7. The van der Waals surface area contributed by atoms with Gasteiger partial charge in [-0.1, -0.05) is 232 Å². The Morgan fingerprint density at radius 1 is 0.457 bits per heavy atom. The van der Waals surface area contributed by atoms with Gasteiger partial charge >= 0.3 is 0 Å². The Kier molecular flexibility index (Phi) is 46.5. The van der Waals surface area contributed by atoms with E-state index in [9.17, 15) is 45.6 Å². The molecule has 0 spiro atoms. The maximum absolute atomic E-state index is 13.3. The summed E-state index contributed by atoms with van der Waals surface area (Å²) in [5.41, 5.74) is 0. The molecule has 0 aliphatic carbocycles. The number of ether oxygens (including phenoxy) is 4. The van der Waals surface area contributed by atoms with Crippen molar-refractivity contribution in [3.05, 3.63) is 109 Å². The molecule has 0 aromatic rings. The molecule has 2 fully saturated rings. The maximum Gasteiger partial charge on any atom is 0.220 e. The lowest BCUT2D eigenvalue weighted by Gasteiger charge is -2.46. The van der Waals surface area contributed by atoms with Crippen molar-refractivity contribution in [1.29, 1.82) is 0 Å². The third-order valence-corrected chi connectivity index (χ3v) is 14.7. The highest BCUT2D eigenvalue weighted by molar-refractivity contribution is 5.76. The van der Waals surface area contributed by atoms with Crippen LogP contribution in [0.25, 0.3) is 0 Å². The highest BCUT2D eigenvalue weighted by Gasteiger charge is 2.51. The number of carbonyl (C=O) groups is 1. The molecule has 12 unspecified atom stereocenters. The van der Waals surface area contributed by atoms with Crippen molar-refractivity contribution in [2.45, 2.75) is 286 Å². The summed E-state index contributed by atoms with van der Waals surface area (Å²) in [6.07, 6.45) is 55.5. The number of rotatable bonds is 49. The summed E-state index contributed by atoms with van der Waals surface area (Å²) in [6, 6.07) is -0.947. The van der Waals surface area contributed by atoms with Gasteiger partial charge in [-0.25, -0.2) is 0 Å². The summed E-state index contributed by atoms with van der Waals surface area (Å²) in [5.74, 6) is -0.285. The molecule has 0 aromatic heterocycles. The molecule has 2 aliphatic heterocycles. The van der Waals surface area contributed by atoms with Crippen LogP contribution in [0.2, 0.25) is 0 Å². The number of nitrogens with one attached hydrogen (secondary N) is 1. The standard InChI is InChI=1S/C67H113NO13/c1-3-5-7-9-11-13-15-17-19-21-23-25-26-27-28-29-30-31-33-35-37-39-41-43-45-47-49-51-59(72)68-55(56(71)50-48-46-44-42-40-38-36-34-32-24-22-20-18-16-14-12-10-8-6-4-2)54-78-66-64(77)62(75)65(58(53-70)80-66)81-67-63(76)61(74)60(73)57(52-69)79-67/h5,7,11,13,17,19,23,25,27-28,30-31,35,37,41,43,48,50,55-58,60-67,69-71,73-77H,3-4,6,8-10,12,14-16,18,20-22,24,26,29,32-34,36,38-40,42,44-47,49,51-54H2,1-2H3,(H,68,72)/b7-5-,13-11-,19-17-,25-23-,28-27-,31-30-,37-35-,43-41-,50-48+. The van der Waals surface area contributed by atoms with Gasteiger partial charge in [-0.3, -0.25) is 4.79 Å². The number of allylic oxidation sites excluding steroid dienone is 17. The SMILES string of the molecule is CC/C=C\C/C=C\C/C=C\C/C=C\C/C=C\C/C=C\C/C=C\C/C=C\CCCCC(=O)NC(COC1OC(CO)C(OC2OC(CO)C(O)C(O)C2O)C(O)C1O)C(O)/C=C/CCCCCCCCCCCCCCCCCCCC. The zero-order valence-corrected chi connectivity index (χ0v) is 50.0. The van der Waals surface area contributed by atoms with Gasteiger partial charge in [0, 0.05) is 6.42 Å². The van der Waals surface area contributed by atoms with Crippen LogP contribution in [-0.2, 0) is 23.7 Å². The Morgan fingerprint density at radius 2 is 0.852 bits per heavy atom. The molecule has 2 rings (SSSR count). The monoisotopic (exact) mass is 1140 g/mol. The molecule has 2 aliphatic rings. The van der Waals surface area contributed by atoms with Crippen molar-refractivity contribution < 1.29 is 64.6 Å². The lowest BCUT2D eigenvalue weighted by molar-refractivity contribution is -0.359. The summed E-state index contributed by atoms with van der Waals surface area (Å²) in [7, 11) is 0. The second-order valence-corrected chi connectivity index (χ2v) is 21.8. The van der Waals surface area contributed by atoms with Gasteiger partial charge in [0.05, 0.1) is 32.0 Å². The molecule has 14 heteroatoms. The fourth-order valence-corrected chi connectivity index (χ4v) is 9.66. The molecule has 0 bridgehead atoms. The van der Waals surface area contributed by atoms with Gasteiger partial charge < -0.3 is 65.1 Å². The smallest absolute Gasteiger partial charge is 0.220 e. The van der Waals surface area contributed by atoms with Crippen molar-refractivity contribution in [2.24, 2.45) is 0 Å². The van der Waals surface area contributed by atoms with E-state index in [-0.39, 0.29) is 18.9 Å². The molecule has 81 heavy (non-hydrogen) atoms. The van der Waals surface area contributed by atoms with Crippen molar-refractivity contribution in [3.63, 3.8) is 0 Å². The summed E-state index contributed by atoms with van der Waals surface area (Å²) < 4.78 is 22.8. The summed E-state index contributed by atoms with van der Waals surface area (Å²) >= 11 is 0. The van der Waals surface area contributed by atoms with Crippen molar-refractivity contribution in [2.75, 3.05) is 19.8 Å². The van der Waals surface area contributed by atoms with Crippen LogP contribution in [0.3, 0.4) is 0 Å². The third kappa shape index (κ3) is 36.2. The molecular formula is C67H113NO13. The Hall–Kier alpha value is -3.35. The van der Waals surface area contributed by atoms with Gasteiger partial charge in [-0.15, -0.1) is 0 Å². The normalized spacial score (nSPS) is 24.9. The predicted octanol–water partition coefficient (Wildman–Crippen LogP) is 11.6. The first-order valence-corrected chi connectivity index (χ1v) is 31.6. The van der Waals surface area contributed by atoms with E-state index >= 15 is 0 Å². The largest absolute Gasteiger partial charge is 0.394 e. The van der Waals surface area contributed by atoms with E-state index in [0.717, 1.165) is 83.5 Å². The van der Waals surface area contributed by atoms with Gasteiger partial charge in [0.15, 0.2) is 12.6 Å². The van der Waals surface area contributed by atoms with Crippen LogP contribution in [0, 0.1) is 0 Å². The maximum atomic E-state index is 13.3. The average Bonchev–Trinajstić information content (AvgIpc) is 3.62. The Balaban J connectivity index is 1.78. The zero-order chi connectivity index (χ0) is 58.8. The van der Waals surface area contributed by atoms with Crippen molar-refractivity contribution in [3.8, 4) is 0 Å². The number of hydrogen-bond acceptors (Lipinski definition) is 13. The van der Waals surface area contributed by atoms with E-state index in [4.69, 9.17) is 18.9 Å². The molecule has 0 radical (unpaired) electrons. The number of carbonyl (C=O) groups excluding carboxylic acids is 1. The Bertz CT molecular complexity index is 1770. The number of aliphatic hydroxyl groups excluding tert-OH is 8. The van der Waals surface area contributed by atoms with E-state index < -0.39 is 86.8 Å². The zero-order valence-electron chi connectivity index (χ0n) is 50.0. The molecule has 1 amide bonds. The lowest BCUT2D eigenvalue weighted by atomic mass is 9.97.